The quantitative estimate of drug-likeness (QED) is 0.860. The molecular formula is C13H9BrN2O3. The van der Waals surface area contributed by atoms with Crippen LogP contribution in [0.4, 0.5) is 0 Å². The van der Waals surface area contributed by atoms with Crippen LogP contribution in [0.2, 0.25) is 0 Å². The summed E-state index contributed by atoms with van der Waals surface area (Å²) in [6.07, 6.45) is 0. The highest BCUT2D eigenvalue weighted by Crippen LogP contribution is 2.35. The minimum atomic E-state index is -0.755. The number of carbonyl (C=O) groups excluding carboxylic acids is 1. The van der Waals surface area contributed by atoms with E-state index in [2.05, 4.69) is 20.9 Å². The number of aromatic hydroxyl groups is 1. The van der Waals surface area contributed by atoms with Crippen molar-refractivity contribution < 1.29 is 14.6 Å². The maximum atomic E-state index is 11.7. The minimum absolute atomic E-state index is 0.0668. The summed E-state index contributed by atoms with van der Waals surface area (Å²) in [5.74, 6) is -1.05. The second-order valence-corrected chi connectivity index (χ2v) is 4.51. The van der Waals surface area contributed by atoms with Crippen LogP contribution in [0.1, 0.15) is 23.1 Å². The van der Waals surface area contributed by atoms with Gasteiger partial charge < -0.3 is 9.84 Å². The van der Waals surface area contributed by atoms with Crippen molar-refractivity contribution in [2.75, 3.05) is 6.61 Å². The summed E-state index contributed by atoms with van der Waals surface area (Å²) < 4.78 is 5.39. The lowest BCUT2D eigenvalue weighted by atomic mass is 10.1. The number of carbonyl (C=O) groups is 1. The second kappa shape index (κ2) is 5.24. The van der Waals surface area contributed by atoms with E-state index >= 15 is 0 Å². The predicted octanol–water partition coefficient (Wildman–Crippen LogP) is 2.75. The molecule has 1 aromatic heterocycles. The van der Waals surface area contributed by atoms with Gasteiger partial charge in [-0.3, -0.25) is 0 Å². The van der Waals surface area contributed by atoms with Crippen LogP contribution >= 0.6 is 15.9 Å². The number of esters is 1. The smallest absolute Gasteiger partial charge is 0.360 e. The number of hydrogen-bond donors (Lipinski definition) is 1. The summed E-state index contributed by atoms with van der Waals surface area (Å²) in [4.78, 5) is 15.6. The summed E-state index contributed by atoms with van der Waals surface area (Å²) in [6.45, 7) is 1.81. The van der Waals surface area contributed by atoms with Crippen molar-refractivity contribution in [1.82, 2.24) is 4.98 Å². The van der Waals surface area contributed by atoms with Gasteiger partial charge in [-0.2, -0.15) is 5.26 Å². The van der Waals surface area contributed by atoms with Gasteiger partial charge in [0.2, 0.25) is 0 Å². The lowest BCUT2D eigenvalue weighted by Gasteiger charge is -2.09. The summed E-state index contributed by atoms with van der Waals surface area (Å²) in [7, 11) is 0. The fourth-order valence-electron chi connectivity index (χ4n) is 1.73. The van der Waals surface area contributed by atoms with Crippen molar-refractivity contribution >= 4 is 32.7 Å². The summed E-state index contributed by atoms with van der Waals surface area (Å²) in [5, 5.41) is 20.1. The topological polar surface area (TPSA) is 83.2 Å². The minimum Gasteiger partial charge on any atom is -0.505 e. The normalized spacial score (nSPS) is 10.2. The van der Waals surface area contributed by atoms with E-state index in [1.807, 2.05) is 6.07 Å². The molecule has 0 atom stereocenters. The third-order valence-electron chi connectivity index (χ3n) is 2.53. The van der Waals surface area contributed by atoms with Crippen LogP contribution in [0.3, 0.4) is 0 Å². The van der Waals surface area contributed by atoms with Gasteiger partial charge in [0.25, 0.3) is 0 Å². The van der Waals surface area contributed by atoms with Crippen molar-refractivity contribution in [3.8, 4) is 11.8 Å². The number of nitriles is 1. The predicted molar refractivity (Wildman–Crippen MR) is 71.8 cm³/mol. The highest BCUT2D eigenvalue weighted by Gasteiger charge is 2.21. The molecule has 19 heavy (non-hydrogen) atoms. The van der Waals surface area contributed by atoms with Crippen LogP contribution in [0.15, 0.2) is 22.7 Å². The Labute approximate surface area is 117 Å². The van der Waals surface area contributed by atoms with E-state index in [4.69, 9.17) is 10.00 Å². The van der Waals surface area contributed by atoms with Gasteiger partial charge >= 0.3 is 5.97 Å². The van der Waals surface area contributed by atoms with E-state index in [1.54, 1.807) is 25.1 Å². The van der Waals surface area contributed by atoms with Gasteiger partial charge in [-0.15, -0.1) is 0 Å². The number of ether oxygens (including phenoxy) is 1. The Kier molecular flexibility index (Phi) is 3.67. The maximum Gasteiger partial charge on any atom is 0.360 e. The number of hydrogen-bond acceptors (Lipinski definition) is 5. The highest BCUT2D eigenvalue weighted by atomic mass is 79.9. The number of benzene rings is 1. The lowest BCUT2D eigenvalue weighted by Crippen LogP contribution is -2.09. The third kappa shape index (κ3) is 2.25. The Morgan fingerprint density at radius 3 is 2.95 bits per heavy atom. The molecule has 0 radical (unpaired) electrons. The molecule has 1 heterocycles. The number of pyridine rings is 1. The Hall–Kier alpha value is -2.13. The number of halogens is 1. The molecule has 96 valence electrons. The van der Waals surface area contributed by atoms with Crippen molar-refractivity contribution in [1.29, 1.82) is 5.26 Å². The van der Waals surface area contributed by atoms with E-state index in [0.717, 1.165) is 0 Å². The number of rotatable bonds is 2. The molecule has 0 fully saturated rings. The summed E-state index contributed by atoms with van der Waals surface area (Å²) in [6, 6.07) is 6.99. The van der Waals surface area contributed by atoms with Gasteiger partial charge in [-0.05, 0) is 13.0 Å². The molecule has 0 aliphatic carbocycles. The van der Waals surface area contributed by atoms with Crippen LogP contribution in [0, 0.1) is 11.3 Å². The van der Waals surface area contributed by atoms with Gasteiger partial charge in [0.15, 0.2) is 11.4 Å². The zero-order valence-corrected chi connectivity index (χ0v) is 11.6. The molecule has 1 aromatic carbocycles. The molecule has 0 saturated carbocycles. The largest absolute Gasteiger partial charge is 0.505 e. The SMILES string of the molecule is CCOC(=O)c1nc(C#N)c2cccc(Br)c2c1O. The van der Waals surface area contributed by atoms with Crippen molar-refractivity contribution in [2.24, 2.45) is 0 Å². The number of aromatic nitrogens is 1. The standard InChI is InChI=1S/C13H9BrN2O3/c1-2-19-13(18)11-12(17)10-7(9(6-15)16-11)4-3-5-8(10)14/h3-5,17H,2H2,1H3. The molecule has 0 spiro atoms. The van der Waals surface area contributed by atoms with E-state index < -0.39 is 5.97 Å². The average Bonchev–Trinajstić information content (AvgIpc) is 2.39. The zero-order valence-electron chi connectivity index (χ0n) is 9.98. The first-order valence-corrected chi connectivity index (χ1v) is 6.27. The van der Waals surface area contributed by atoms with Crippen LogP contribution in [0.5, 0.6) is 5.75 Å². The molecule has 1 N–H and O–H groups in total. The first-order valence-electron chi connectivity index (χ1n) is 5.48. The zero-order chi connectivity index (χ0) is 14.0. The molecular weight excluding hydrogens is 312 g/mol. The van der Waals surface area contributed by atoms with Crippen molar-refractivity contribution in [3.05, 3.63) is 34.1 Å². The molecule has 0 amide bonds. The molecule has 0 saturated heterocycles. The van der Waals surface area contributed by atoms with E-state index in [-0.39, 0.29) is 23.7 Å². The van der Waals surface area contributed by atoms with Crippen LogP contribution in [0.25, 0.3) is 10.8 Å². The Morgan fingerprint density at radius 1 is 1.58 bits per heavy atom. The van der Waals surface area contributed by atoms with Crippen LogP contribution in [-0.4, -0.2) is 22.7 Å². The van der Waals surface area contributed by atoms with Gasteiger partial charge in [0.1, 0.15) is 11.8 Å². The summed E-state index contributed by atoms with van der Waals surface area (Å²) >= 11 is 3.28. The Balaban J connectivity index is 2.82. The fraction of sp³-hybridized carbons (Fsp3) is 0.154. The molecule has 0 unspecified atom stereocenters. The monoisotopic (exact) mass is 320 g/mol. The molecule has 5 nitrogen and oxygen atoms in total. The van der Waals surface area contributed by atoms with Gasteiger partial charge in [0, 0.05) is 15.2 Å². The molecule has 2 aromatic rings. The first-order chi connectivity index (χ1) is 9.10. The fourth-order valence-corrected chi connectivity index (χ4v) is 2.29. The number of nitrogens with zero attached hydrogens (tertiary/aromatic N) is 2. The Morgan fingerprint density at radius 2 is 2.32 bits per heavy atom. The first kappa shape index (κ1) is 13.3. The van der Waals surface area contributed by atoms with Crippen molar-refractivity contribution in [2.45, 2.75) is 6.92 Å². The number of fused-ring (bicyclic) bond motifs is 1. The Bertz CT molecular complexity index is 707. The van der Waals surface area contributed by atoms with Crippen LogP contribution < -0.4 is 0 Å². The molecule has 0 bridgehead atoms. The van der Waals surface area contributed by atoms with E-state index in [1.165, 1.54) is 0 Å². The summed E-state index contributed by atoms with van der Waals surface area (Å²) in [5.41, 5.74) is -0.185. The third-order valence-corrected chi connectivity index (χ3v) is 3.19. The maximum absolute atomic E-state index is 11.7. The van der Waals surface area contributed by atoms with Crippen LogP contribution in [-0.2, 0) is 4.74 Å². The van der Waals surface area contributed by atoms with Gasteiger partial charge in [-0.1, -0.05) is 28.1 Å². The van der Waals surface area contributed by atoms with Crippen molar-refractivity contribution in [3.63, 3.8) is 0 Å². The highest BCUT2D eigenvalue weighted by molar-refractivity contribution is 9.10. The second-order valence-electron chi connectivity index (χ2n) is 3.65. The van der Waals surface area contributed by atoms with E-state index in [9.17, 15) is 9.90 Å². The molecule has 0 aliphatic heterocycles. The van der Waals surface area contributed by atoms with Gasteiger partial charge in [-0.25, -0.2) is 9.78 Å². The molecule has 2 rings (SSSR count). The van der Waals surface area contributed by atoms with E-state index in [0.29, 0.717) is 15.2 Å². The average molecular weight is 321 g/mol. The molecule has 6 heteroatoms. The lowest BCUT2D eigenvalue weighted by molar-refractivity contribution is 0.0516. The molecule has 0 aliphatic rings. The van der Waals surface area contributed by atoms with Gasteiger partial charge in [0.05, 0.1) is 6.61 Å².